The zero-order chi connectivity index (χ0) is 20.4. The van der Waals surface area contributed by atoms with E-state index >= 15 is 0 Å². The third kappa shape index (κ3) is 3.36. The lowest BCUT2D eigenvalue weighted by Crippen LogP contribution is -2.51. The lowest BCUT2D eigenvalue weighted by atomic mass is 9.47. The Bertz CT molecular complexity index is 651. The van der Waals surface area contributed by atoms with Gasteiger partial charge in [0.2, 0.25) is 0 Å². The van der Waals surface area contributed by atoms with E-state index in [0.717, 1.165) is 42.9 Å². The maximum Gasteiger partial charge on any atom is 0.0577 e. The molecule has 29 heavy (non-hydrogen) atoms. The summed E-state index contributed by atoms with van der Waals surface area (Å²) in [5, 5.41) is 21.2. The Morgan fingerprint density at radius 3 is 2.59 bits per heavy atom. The normalized spacial score (nSPS) is 48.9. The molecule has 0 amide bonds. The zero-order valence-electron chi connectivity index (χ0n) is 19.1. The molecule has 4 fully saturated rings. The Hall–Kier alpha value is -0.340. The second-order valence-electron chi connectivity index (χ2n) is 12.3. The van der Waals surface area contributed by atoms with Crippen LogP contribution in [0.15, 0.2) is 11.6 Å². The summed E-state index contributed by atoms with van der Waals surface area (Å²) in [6.07, 6.45) is 17.2. The van der Waals surface area contributed by atoms with Crippen LogP contribution in [0.2, 0.25) is 0 Å². The number of aliphatic hydroxyl groups is 2. The molecule has 0 bridgehead atoms. The molecule has 5 rings (SSSR count). The van der Waals surface area contributed by atoms with Gasteiger partial charge in [0.25, 0.3) is 0 Å². The number of aliphatic hydroxyl groups excluding tert-OH is 2. The highest BCUT2D eigenvalue weighted by atomic mass is 16.3. The maximum atomic E-state index is 11.0. The average molecular weight is 401 g/mol. The molecule has 5 aliphatic rings. The highest BCUT2D eigenvalue weighted by Crippen LogP contribution is 2.67. The van der Waals surface area contributed by atoms with Gasteiger partial charge in [-0.3, -0.25) is 0 Å². The van der Waals surface area contributed by atoms with Gasteiger partial charge in [-0.05, 0) is 111 Å². The molecule has 2 heteroatoms. The standard InChI is InChI=1S/C27H44O2/c1-17(25(29)11-6-18-4-5-18)22-9-10-23-21-8-7-19-16-20(28)12-14-26(19,2)24(21)13-15-27(22,23)3/h7,17-18,20-25,28-29H,4-6,8-16H2,1-3H3/t17-,20?,21-,22+,23-,24-,25-,26-,27+/m0/s1. The molecule has 0 saturated heterocycles. The number of fused-ring (bicyclic) bond motifs is 5. The summed E-state index contributed by atoms with van der Waals surface area (Å²) in [4.78, 5) is 0. The van der Waals surface area contributed by atoms with E-state index in [1.165, 1.54) is 57.8 Å². The summed E-state index contributed by atoms with van der Waals surface area (Å²) in [5.41, 5.74) is 2.35. The van der Waals surface area contributed by atoms with Crippen molar-refractivity contribution in [2.24, 2.45) is 46.3 Å². The summed E-state index contributed by atoms with van der Waals surface area (Å²) in [7, 11) is 0. The molecule has 2 N–H and O–H groups in total. The van der Waals surface area contributed by atoms with E-state index in [0.29, 0.717) is 22.7 Å². The number of hydrogen-bond donors (Lipinski definition) is 2. The highest BCUT2D eigenvalue weighted by Gasteiger charge is 2.59. The lowest BCUT2D eigenvalue weighted by molar-refractivity contribution is -0.0680. The maximum absolute atomic E-state index is 11.0. The van der Waals surface area contributed by atoms with Crippen LogP contribution < -0.4 is 0 Å². The number of rotatable bonds is 5. The van der Waals surface area contributed by atoms with Crippen LogP contribution in [0.4, 0.5) is 0 Å². The van der Waals surface area contributed by atoms with Crippen molar-refractivity contribution in [2.75, 3.05) is 0 Å². The van der Waals surface area contributed by atoms with E-state index in [4.69, 9.17) is 0 Å². The van der Waals surface area contributed by atoms with Crippen molar-refractivity contribution in [3.63, 3.8) is 0 Å². The van der Waals surface area contributed by atoms with E-state index < -0.39 is 0 Å². The average Bonchev–Trinajstić information content (AvgIpc) is 3.46. The third-order valence-corrected chi connectivity index (χ3v) is 11.0. The molecule has 0 spiro atoms. The molecule has 9 atom stereocenters. The predicted molar refractivity (Wildman–Crippen MR) is 118 cm³/mol. The van der Waals surface area contributed by atoms with Crippen LogP contribution in [0.5, 0.6) is 0 Å². The van der Waals surface area contributed by atoms with Crippen molar-refractivity contribution >= 4 is 0 Å². The molecular formula is C27H44O2. The second kappa shape index (κ2) is 7.37. The van der Waals surface area contributed by atoms with Gasteiger partial charge >= 0.3 is 0 Å². The molecule has 164 valence electrons. The van der Waals surface area contributed by atoms with Crippen LogP contribution >= 0.6 is 0 Å². The van der Waals surface area contributed by atoms with Crippen molar-refractivity contribution in [3.8, 4) is 0 Å². The minimum absolute atomic E-state index is 0.0934. The summed E-state index contributed by atoms with van der Waals surface area (Å²) in [6, 6.07) is 0. The smallest absolute Gasteiger partial charge is 0.0577 e. The predicted octanol–water partition coefficient (Wildman–Crippen LogP) is 6.11. The minimum atomic E-state index is -0.103. The molecule has 0 heterocycles. The van der Waals surface area contributed by atoms with Crippen LogP contribution in [0.25, 0.3) is 0 Å². The first-order valence-corrected chi connectivity index (χ1v) is 12.9. The van der Waals surface area contributed by atoms with Gasteiger partial charge in [-0.2, -0.15) is 0 Å². The molecule has 0 aromatic heterocycles. The Morgan fingerprint density at radius 2 is 1.83 bits per heavy atom. The first-order valence-electron chi connectivity index (χ1n) is 12.9. The Balaban J connectivity index is 1.32. The fourth-order valence-electron chi connectivity index (χ4n) is 8.89. The molecule has 5 aliphatic carbocycles. The Morgan fingerprint density at radius 1 is 1.03 bits per heavy atom. The monoisotopic (exact) mass is 400 g/mol. The van der Waals surface area contributed by atoms with Gasteiger partial charge < -0.3 is 10.2 Å². The molecule has 1 unspecified atom stereocenters. The Kier molecular flexibility index (Phi) is 5.22. The topological polar surface area (TPSA) is 40.5 Å². The Labute approximate surface area is 178 Å². The quantitative estimate of drug-likeness (QED) is 0.546. The zero-order valence-corrected chi connectivity index (χ0v) is 19.1. The number of hydrogen-bond acceptors (Lipinski definition) is 2. The van der Waals surface area contributed by atoms with E-state index in [9.17, 15) is 10.2 Å². The first-order chi connectivity index (χ1) is 13.8. The van der Waals surface area contributed by atoms with Gasteiger partial charge in [-0.1, -0.05) is 45.3 Å². The van der Waals surface area contributed by atoms with Crippen molar-refractivity contribution in [1.82, 2.24) is 0 Å². The second-order valence-corrected chi connectivity index (χ2v) is 12.3. The molecular weight excluding hydrogens is 356 g/mol. The summed E-state index contributed by atoms with van der Waals surface area (Å²) >= 11 is 0. The third-order valence-electron chi connectivity index (χ3n) is 11.0. The van der Waals surface area contributed by atoms with Gasteiger partial charge in [-0.25, -0.2) is 0 Å². The van der Waals surface area contributed by atoms with Crippen molar-refractivity contribution in [1.29, 1.82) is 0 Å². The van der Waals surface area contributed by atoms with E-state index in [1.807, 2.05) is 0 Å². The van der Waals surface area contributed by atoms with Crippen molar-refractivity contribution in [3.05, 3.63) is 11.6 Å². The lowest BCUT2D eigenvalue weighted by Gasteiger charge is -2.58. The summed E-state index contributed by atoms with van der Waals surface area (Å²) < 4.78 is 0. The van der Waals surface area contributed by atoms with E-state index in [-0.39, 0.29) is 12.2 Å². The molecule has 2 nitrogen and oxygen atoms in total. The van der Waals surface area contributed by atoms with Gasteiger partial charge in [0.15, 0.2) is 0 Å². The SMILES string of the molecule is C[C@@H]([C@H]1CC[C@H]2[C@@H]3CC=C4CC(O)CC[C@]4(C)[C@H]3CC[C@]12C)[C@@H](O)CCC1CC1. The van der Waals surface area contributed by atoms with Crippen LogP contribution in [0, 0.1) is 46.3 Å². The van der Waals surface area contributed by atoms with E-state index in [1.54, 1.807) is 5.57 Å². The largest absolute Gasteiger partial charge is 0.393 e. The fourth-order valence-corrected chi connectivity index (χ4v) is 8.89. The van der Waals surface area contributed by atoms with Crippen molar-refractivity contribution in [2.45, 2.75) is 110 Å². The van der Waals surface area contributed by atoms with Crippen LogP contribution in [0.1, 0.15) is 97.8 Å². The number of allylic oxidation sites excluding steroid dienone is 1. The van der Waals surface area contributed by atoms with Gasteiger partial charge in [0.05, 0.1) is 12.2 Å². The van der Waals surface area contributed by atoms with Crippen LogP contribution in [-0.4, -0.2) is 22.4 Å². The fraction of sp³-hybridized carbons (Fsp3) is 0.926. The van der Waals surface area contributed by atoms with Crippen LogP contribution in [0.3, 0.4) is 0 Å². The summed E-state index contributed by atoms with van der Waals surface area (Å²) in [6.45, 7) is 7.49. The summed E-state index contributed by atoms with van der Waals surface area (Å²) in [5.74, 6) is 4.58. The van der Waals surface area contributed by atoms with Crippen molar-refractivity contribution < 1.29 is 10.2 Å². The minimum Gasteiger partial charge on any atom is -0.393 e. The first kappa shape index (κ1) is 20.6. The molecule has 0 aromatic carbocycles. The van der Waals surface area contributed by atoms with E-state index in [2.05, 4.69) is 26.8 Å². The van der Waals surface area contributed by atoms with Gasteiger partial charge in [0.1, 0.15) is 0 Å². The van der Waals surface area contributed by atoms with Gasteiger partial charge in [0, 0.05) is 0 Å². The molecule has 4 saturated carbocycles. The molecule has 0 radical (unpaired) electrons. The highest BCUT2D eigenvalue weighted by molar-refractivity contribution is 5.25. The molecule has 0 aliphatic heterocycles. The van der Waals surface area contributed by atoms with Gasteiger partial charge in [-0.15, -0.1) is 0 Å². The van der Waals surface area contributed by atoms with Crippen LogP contribution in [-0.2, 0) is 0 Å². The molecule has 0 aromatic rings.